The Balaban J connectivity index is 2.27. The fraction of sp³-hybridized carbons (Fsp3) is 0.500. The van der Waals surface area contributed by atoms with Crippen LogP contribution in [0.3, 0.4) is 0 Å². The summed E-state index contributed by atoms with van der Waals surface area (Å²) < 4.78 is 6.26. The first-order valence-corrected chi connectivity index (χ1v) is 6.41. The molecule has 1 N–H and O–H groups in total. The third kappa shape index (κ3) is 2.10. The van der Waals surface area contributed by atoms with Gasteiger partial charge in [-0.05, 0) is 22.0 Å². The average Bonchev–Trinajstić information content (AvgIpc) is 2.30. The number of nitro benzene ring substituents is 1. The molecule has 0 spiro atoms. The maximum atomic E-state index is 10.9. The summed E-state index contributed by atoms with van der Waals surface area (Å²) in [7, 11) is 0. The molecule has 1 fully saturated rings. The van der Waals surface area contributed by atoms with Crippen LogP contribution in [0.2, 0.25) is 0 Å². The van der Waals surface area contributed by atoms with E-state index in [0.29, 0.717) is 10.9 Å². The number of aliphatic hydroxyl groups is 1. The molecule has 1 saturated carbocycles. The van der Waals surface area contributed by atoms with Crippen molar-refractivity contribution in [1.82, 2.24) is 0 Å². The Labute approximate surface area is 113 Å². The lowest BCUT2D eigenvalue weighted by molar-refractivity contribution is -0.386. The van der Waals surface area contributed by atoms with Crippen molar-refractivity contribution >= 4 is 21.6 Å². The van der Waals surface area contributed by atoms with Crippen LogP contribution in [-0.2, 0) is 0 Å². The van der Waals surface area contributed by atoms with E-state index in [-0.39, 0.29) is 23.0 Å². The molecule has 0 bridgehead atoms. The minimum absolute atomic E-state index is 0.0680. The van der Waals surface area contributed by atoms with Crippen molar-refractivity contribution in [2.24, 2.45) is 5.41 Å². The first kappa shape index (κ1) is 13.3. The van der Waals surface area contributed by atoms with Crippen molar-refractivity contribution in [2.75, 3.05) is 0 Å². The molecule has 0 aromatic heterocycles. The van der Waals surface area contributed by atoms with Crippen molar-refractivity contribution < 1.29 is 14.8 Å². The summed E-state index contributed by atoms with van der Waals surface area (Å²) in [6, 6.07) is 4.70. The molecular weight excluding hydrogens is 302 g/mol. The summed E-state index contributed by atoms with van der Waals surface area (Å²) in [5.74, 6) is 0.229. The molecule has 18 heavy (non-hydrogen) atoms. The molecule has 1 aromatic carbocycles. The fourth-order valence-electron chi connectivity index (χ4n) is 1.96. The van der Waals surface area contributed by atoms with Gasteiger partial charge >= 0.3 is 5.69 Å². The minimum atomic E-state index is -0.470. The third-order valence-corrected chi connectivity index (χ3v) is 4.15. The standard InChI is InChI=1S/C12H14BrNO4/c1-12(2)9(15)6-10(12)18-11-7(13)4-3-5-8(11)14(16)17/h3-5,9-10,15H,6H2,1-2H3. The molecule has 98 valence electrons. The molecule has 0 amide bonds. The SMILES string of the molecule is CC1(C)C(O)CC1Oc1c(Br)cccc1[N+](=O)[O-]. The maximum Gasteiger partial charge on any atom is 0.312 e. The lowest BCUT2D eigenvalue weighted by Gasteiger charge is -2.48. The second-order valence-corrected chi connectivity index (χ2v) is 5.88. The summed E-state index contributed by atoms with van der Waals surface area (Å²) in [6.07, 6.45) is -0.153. The molecule has 2 rings (SSSR count). The summed E-state index contributed by atoms with van der Waals surface area (Å²) >= 11 is 3.26. The highest BCUT2D eigenvalue weighted by Crippen LogP contribution is 2.45. The van der Waals surface area contributed by atoms with Gasteiger partial charge < -0.3 is 9.84 Å². The van der Waals surface area contributed by atoms with Crippen LogP contribution in [0, 0.1) is 15.5 Å². The molecule has 2 unspecified atom stereocenters. The molecule has 5 nitrogen and oxygen atoms in total. The van der Waals surface area contributed by atoms with Crippen LogP contribution in [0.5, 0.6) is 5.75 Å². The van der Waals surface area contributed by atoms with Crippen molar-refractivity contribution in [1.29, 1.82) is 0 Å². The Morgan fingerprint density at radius 1 is 1.56 bits per heavy atom. The van der Waals surface area contributed by atoms with Gasteiger partial charge in [0.1, 0.15) is 6.10 Å². The summed E-state index contributed by atoms with van der Waals surface area (Å²) in [5, 5.41) is 20.6. The topological polar surface area (TPSA) is 72.6 Å². The molecule has 0 aliphatic heterocycles. The van der Waals surface area contributed by atoms with Gasteiger partial charge in [0.2, 0.25) is 5.75 Å². The molecule has 6 heteroatoms. The molecule has 0 radical (unpaired) electrons. The highest BCUT2D eigenvalue weighted by molar-refractivity contribution is 9.10. The van der Waals surface area contributed by atoms with Crippen LogP contribution in [0.4, 0.5) is 5.69 Å². The number of hydrogen-bond donors (Lipinski definition) is 1. The van der Waals surface area contributed by atoms with E-state index in [2.05, 4.69) is 15.9 Å². The van der Waals surface area contributed by atoms with E-state index in [9.17, 15) is 15.2 Å². The number of ether oxygens (including phenoxy) is 1. The second kappa shape index (κ2) is 4.51. The van der Waals surface area contributed by atoms with Gasteiger partial charge in [0.15, 0.2) is 0 Å². The van der Waals surface area contributed by atoms with Crippen molar-refractivity contribution in [3.63, 3.8) is 0 Å². The quantitative estimate of drug-likeness (QED) is 0.687. The third-order valence-electron chi connectivity index (χ3n) is 3.53. The Morgan fingerprint density at radius 2 is 2.22 bits per heavy atom. The normalized spacial score (nSPS) is 25.3. The summed E-state index contributed by atoms with van der Waals surface area (Å²) in [5.41, 5.74) is -0.454. The second-order valence-electron chi connectivity index (χ2n) is 5.02. The Bertz CT molecular complexity index is 489. The first-order valence-electron chi connectivity index (χ1n) is 5.61. The lowest BCUT2D eigenvalue weighted by atomic mass is 9.66. The van der Waals surface area contributed by atoms with Gasteiger partial charge in [-0.15, -0.1) is 0 Å². The predicted molar refractivity (Wildman–Crippen MR) is 69.6 cm³/mol. The molecule has 0 heterocycles. The molecule has 1 aliphatic carbocycles. The van der Waals surface area contributed by atoms with Crippen molar-refractivity contribution in [2.45, 2.75) is 32.5 Å². The van der Waals surface area contributed by atoms with Gasteiger partial charge in [-0.3, -0.25) is 10.1 Å². The van der Waals surface area contributed by atoms with E-state index in [1.165, 1.54) is 6.07 Å². The van der Waals surface area contributed by atoms with Gasteiger partial charge in [-0.25, -0.2) is 0 Å². The molecule has 0 saturated heterocycles. The zero-order valence-corrected chi connectivity index (χ0v) is 11.7. The Morgan fingerprint density at radius 3 is 2.72 bits per heavy atom. The van der Waals surface area contributed by atoms with E-state index in [1.807, 2.05) is 13.8 Å². The predicted octanol–water partition coefficient (Wildman–Crippen LogP) is 2.90. The number of benzene rings is 1. The largest absolute Gasteiger partial charge is 0.482 e. The van der Waals surface area contributed by atoms with Crippen LogP contribution < -0.4 is 4.74 Å². The number of hydrogen-bond acceptors (Lipinski definition) is 4. The molecular formula is C12H14BrNO4. The first-order chi connectivity index (χ1) is 8.34. The average molecular weight is 316 g/mol. The van der Waals surface area contributed by atoms with Gasteiger partial charge in [0, 0.05) is 17.9 Å². The van der Waals surface area contributed by atoms with Gasteiger partial charge in [-0.1, -0.05) is 19.9 Å². The molecule has 1 aromatic rings. The van der Waals surface area contributed by atoms with Crippen LogP contribution in [0.25, 0.3) is 0 Å². The fourth-order valence-corrected chi connectivity index (χ4v) is 2.41. The zero-order valence-electron chi connectivity index (χ0n) is 10.1. The number of nitrogens with zero attached hydrogens (tertiary/aromatic N) is 1. The highest BCUT2D eigenvalue weighted by atomic mass is 79.9. The van der Waals surface area contributed by atoms with E-state index in [1.54, 1.807) is 12.1 Å². The van der Waals surface area contributed by atoms with Crippen molar-refractivity contribution in [3.8, 4) is 5.75 Å². The van der Waals surface area contributed by atoms with E-state index < -0.39 is 11.0 Å². The monoisotopic (exact) mass is 315 g/mol. The number of rotatable bonds is 3. The zero-order chi connectivity index (χ0) is 13.5. The van der Waals surface area contributed by atoms with Crippen LogP contribution in [0.15, 0.2) is 22.7 Å². The summed E-state index contributed by atoms with van der Waals surface area (Å²) in [6.45, 7) is 3.77. The van der Waals surface area contributed by atoms with E-state index in [0.717, 1.165) is 0 Å². The summed E-state index contributed by atoms with van der Waals surface area (Å²) in [4.78, 5) is 10.5. The van der Waals surface area contributed by atoms with Gasteiger partial charge in [0.25, 0.3) is 0 Å². The lowest BCUT2D eigenvalue weighted by Crippen LogP contribution is -2.56. The van der Waals surface area contributed by atoms with Crippen LogP contribution in [-0.4, -0.2) is 22.2 Å². The van der Waals surface area contributed by atoms with E-state index >= 15 is 0 Å². The Hall–Kier alpha value is -1.14. The number of para-hydroxylation sites is 1. The van der Waals surface area contributed by atoms with Gasteiger partial charge in [-0.2, -0.15) is 0 Å². The van der Waals surface area contributed by atoms with Crippen LogP contribution in [0.1, 0.15) is 20.3 Å². The smallest absolute Gasteiger partial charge is 0.312 e. The molecule has 1 aliphatic rings. The minimum Gasteiger partial charge on any atom is -0.482 e. The maximum absolute atomic E-state index is 10.9. The number of halogens is 1. The number of nitro groups is 1. The van der Waals surface area contributed by atoms with Crippen molar-refractivity contribution in [3.05, 3.63) is 32.8 Å². The van der Waals surface area contributed by atoms with E-state index in [4.69, 9.17) is 4.74 Å². The molecule has 2 atom stereocenters. The Kier molecular flexibility index (Phi) is 3.33. The van der Waals surface area contributed by atoms with Crippen LogP contribution >= 0.6 is 15.9 Å². The van der Waals surface area contributed by atoms with Gasteiger partial charge in [0.05, 0.1) is 15.5 Å². The highest BCUT2D eigenvalue weighted by Gasteiger charge is 2.49. The number of aliphatic hydroxyl groups excluding tert-OH is 1.